The predicted molar refractivity (Wildman–Crippen MR) is 102 cm³/mol. The molecule has 0 fully saturated rings. The van der Waals surface area contributed by atoms with E-state index in [1.54, 1.807) is 41.5 Å². The second-order valence-corrected chi connectivity index (χ2v) is 10.2. The number of carbonyl (C=O) groups excluding carboxylic acids is 1. The number of halogens is 2. The van der Waals surface area contributed by atoms with Crippen LogP contribution in [0.3, 0.4) is 0 Å². The summed E-state index contributed by atoms with van der Waals surface area (Å²) in [6.07, 6.45) is 0. The molecule has 0 aliphatic carbocycles. The maximum absolute atomic E-state index is 12.7. The van der Waals surface area contributed by atoms with Gasteiger partial charge in [0.1, 0.15) is 16.5 Å². The first-order valence-electron chi connectivity index (χ1n) is 7.95. The molecule has 0 saturated carbocycles. The Balaban J connectivity index is 3.11. The van der Waals surface area contributed by atoms with Gasteiger partial charge in [-0.15, -0.1) is 0 Å². The summed E-state index contributed by atoms with van der Waals surface area (Å²) in [4.78, 5) is 12.3. The van der Waals surface area contributed by atoms with Crippen molar-refractivity contribution in [3.05, 3.63) is 28.2 Å². The molecular weight excluding hydrogens is 401 g/mol. The maximum Gasteiger partial charge on any atom is 0.327 e. The zero-order chi connectivity index (χ0) is 20.3. The largest absolute Gasteiger partial charge is 0.459 e. The molecule has 1 aromatic rings. The summed E-state index contributed by atoms with van der Waals surface area (Å²) >= 11 is 11.8. The molecule has 0 amide bonds. The van der Waals surface area contributed by atoms with Crippen LogP contribution in [0.1, 0.15) is 41.5 Å². The Morgan fingerprint density at radius 3 is 2.15 bits per heavy atom. The third-order valence-electron chi connectivity index (χ3n) is 2.86. The van der Waals surface area contributed by atoms with E-state index in [4.69, 9.17) is 32.7 Å². The molecule has 0 radical (unpaired) electrons. The van der Waals surface area contributed by atoms with Crippen LogP contribution < -0.4 is 4.72 Å². The van der Waals surface area contributed by atoms with Crippen molar-refractivity contribution < 1.29 is 22.7 Å². The normalized spacial score (nSPS) is 14.2. The molecule has 0 aromatic heterocycles. The van der Waals surface area contributed by atoms with Crippen molar-refractivity contribution in [2.45, 2.75) is 63.7 Å². The number of hydrogen-bond acceptors (Lipinski definition) is 5. The van der Waals surface area contributed by atoms with Crippen molar-refractivity contribution in [1.29, 1.82) is 0 Å². The molecule has 6 nitrogen and oxygen atoms in total. The minimum Gasteiger partial charge on any atom is -0.459 e. The van der Waals surface area contributed by atoms with Crippen LogP contribution in [0.5, 0.6) is 0 Å². The third-order valence-corrected chi connectivity index (χ3v) is 5.04. The van der Waals surface area contributed by atoms with Gasteiger partial charge in [0.15, 0.2) is 0 Å². The highest BCUT2D eigenvalue weighted by molar-refractivity contribution is 7.89. The van der Waals surface area contributed by atoms with Crippen LogP contribution >= 0.6 is 23.2 Å². The van der Waals surface area contributed by atoms with Crippen molar-refractivity contribution in [2.75, 3.05) is 6.61 Å². The smallest absolute Gasteiger partial charge is 0.327 e. The second kappa shape index (κ2) is 8.44. The lowest BCUT2D eigenvalue weighted by molar-refractivity contribution is -0.159. The Kier molecular flexibility index (Phi) is 7.52. The number of rotatable bonds is 6. The Hall–Kier alpha value is -0.860. The van der Waals surface area contributed by atoms with Gasteiger partial charge in [0.05, 0.1) is 17.2 Å². The molecule has 1 aromatic carbocycles. The van der Waals surface area contributed by atoms with E-state index in [0.717, 1.165) is 0 Å². The van der Waals surface area contributed by atoms with E-state index in [0.29, 0.717) is 5.02 Å². The highest BCUT2D eigenvalue weighted by Crippen LogP contribution is 2.25. The summed E-state index contributed by atoms with van der Waals surface area (Å²) in [5, 5.41) is 0.249. The molecule has 1 atom stereocenters. The Bertz CT molecular complexity index is 751. The molecule has 1 rings (SSSR count). The monoisotopic (exact) mass is 425 g/mol. The van der Waals surface area contributed by atoms with E-state index in [1.165, 1.54) is 18.2 Å². The molecule has 0 heterocycles. The number of benzene rings is 1. The number of hydrogen-bond donors (Lipinski definition) is 1. The molecule has 0 spiro atoms. The van der Waals surface area contributed by atoms with Crippen LogP contribution in [0.4, 0.5) is 0 Å². The SMILES string of the molecule is CC(C)(C)OCC(NS(=O)(=O)c1ccc(Cl)cc1Cl)C(=O)OC(C)(C)C. The number of nitrogens with one attached hydrogen (secondary N) is 1. The highest BCUT2D eigenvalue weighted by atomic mass is 35.5. The van der Waals surface area contributed by atoms with Crippen LogP contribution in [0.2, 0.25) is 10.0 Å². The minimum atomic E-state index is -4.10. The number of carbonyl (C=O) groups is 1. The van der Waals surface area contributed by atoms with E-state index in [2.05, 4.69) is 4.72 Å². The van der Waals surface area contributed by atoms with Gasteiger partial charge in [-0.2, -0.15) is 4.72 Å². The Morgan fingerprint density at radius 2 is 1.69 bits per heavy atom. The summed E-state index contributed by atoms with van der Waals surface area (Å²) in [6.45, 7) is 10.3. The number of ether oxygens (including phenoxy) is 2. The molecule has 1 unspecified atom stereocenters. The average molecular weight is 426 g/mol. The fourth-order valence-corrected chi connectivity index (χ4v) is 3.74. The van der Waals surface area contributed by atoms with Gasteiger partial charge in [-0.25, -0.2) is 8.42 Å². The fourth-order valence-electron chi connectivity index (χ4n) is 1.80. The predicted octanol–water partition coefficient (Wildman–Crippen LogP) is 3.80. The first kappa shape index (κ1) is 23.2. The topological polar surface area (TPSA) is 81.7 Å². The quantitative estimate of drug-likeness (QED) is 0.700. The van der Waals surface area contributed by atoms with Crippen molar-refractivity contribution in [3.8, 4) is 0 Å². The number of esters is 1. The van der Waals surface area contributed by atoms with E-state index < -0.39 is 33.2 Å². The van der Waals surface area contributed by atoms with Gasteiger partial charge in [0.25, 0.3) is 0 Å². The summed E-state index contributed by atoms with van der Waals surface area (Å²) < 4.78 is 38.5. The standard InChI is InChI=1S/C17H25Cl2NO5S/c1-16(2,3)24-10-13(15(21)25-17(4,5)6)20-26(22,23)14-8-7-11(18)9-12(14)19/h7-9,13,20H,10H2,1-6H3. The zero-order valence-corrected chi connectivity index (χ0v) is 18.1. The van der Waals surface area contributed by atoms with Gasteiger partial charge in [-0.1, -0.05) is 23.2 Å². The molecule has 0 aliphatic heterocycles. The number of sulfonamides is 1. The molecule has 26 heavy (non-hydrogen) atoms. The van der Waals surface area contributed by atoms with Gasteiger partial charge in [0.2, 0.25) is 10.0 Å². The molecule has 1 N–H and O–H groups in total. The molecular formula is C17H25Cl2NO5S. The van der Waals surface area contributed by atoms with Gasteiger partial charge in [-0.3, -0.25) is 4.79 Å². The van der Waals surface area contributed by atoms with Gasteiger partial charge in [-0.05, 0) is 59.7 Å². The van der Waals surface area contributed by atoms with Crippen molar-refractivity contribution >= 4 is 39.2 Å². The van der Waals surface area contributed by atoms with E-state index in [-0.39, 0.29) is 16.5 Å². The first-order valence-corrected chi connectivity index (χ1v) is 10.2. The van der Waals surface area contributed by atoms with Crippen LogP contribution in [0.25, 0.3) is 0 Å². The van der Waals surface area contributed by atoms with Crippen LogP contribution in [-0.2, 0) is 24.3 Å². The van der Waals surface area contributed by atoms with Crippen LogP contribution in [0.15, 0.2) is 23.1 Å². The first-order chi connectivity index (χ1) is 11.6. The third kappa shape index (κ3) is 7.80. The van der Waals surface area contributed by atoms with Crippen molar-refractivity contribution in [3.63, 3.8) is 0 Å². The zero-order valence-electron chi connectivity index (χ0n) is 15.7. The molecule has 148 valence electrons. The van der Waals surface area contributed by atoms with E-state index >= 15 is 0 Å². The van der Waals surface area contributed by atoms with Gasteiger partial charge < -0.3 is 9.47 Å². The van der Waals surface area contributed by atoms with Crippen molar-refractivity contribution in [1.82, 2.24) is 4.72 Å². The summed E-state index contributed by atoms with van der Waals surface area (Å²) in [7, 11) is -4.10. The Labute approximate surface area is 165 Å². The maximum atomic E-state index is 12.7. The van der Waals surface area contributed by atoms with E-state index in [1.807, 2.05) is 0 Å². The van der Waals surface area contributed by atoms with Crippen LogP contribution in [-0.4, -0.2) is 38.2 Å². The molecule has 9 heteroatoms. The van der Waals surface area contributed by atoms with Gasteiger partial charge >= 0.3 is 5.97 Å². The molecule has 0 bridgehead atoms. The average Bonchev–Trinajstić information content (AvgIpc) is 2.39. The lowest BCUT2D eigenvalue weighted by Crippen LogP contribution is -2.48. The minimum absolute atomic E-state index is 0.0512. The lowest BCUT2D eigenvalue weighted by atomic mass is 10.2. The lowest BCUT2D eigenvalue weighted by Gasteiger charge is -2.27. The summed E-state index contributed by atoms with van der Waals surface area (Å²) in [5.74, 6) is -0.740. The summed E-state index contributed by atoms with van der Waals surface area (Å²) in [6, 6.07) is 2.75. The summed E-state index contributed by atoms with van der Waals surface area (Å²) in [5.41, 5.74) is -1.34. The fraction of sp³-hybridized carbons (Fsp3) is 0.588. The van der Waals surface area contributed by atoms with E-state index in [9.17, 15) is 13.2 Å². The molecule has 0 saturated heterocycles. The van der Waals surface area contributed by atoms with Crippen molar-refractivity contribution in [2.24, 2.45) is 0 Å². The Morgan fingerprint density at radius 1 is 1.12 bits per heavy atom. The molecule has 0 aliphatic rings. The van der Waals surface area contributed by atoms with Crippen LogP contribution in [0, 0.1) is 0 Å². The highest BCUT2D eigenvalue weighted by Gasteiger charge is 2.32. The van der Waals surface area contributed by atoms with Gasteiger partial charge in [0, 0.05) is 5.02 Å². The second-order valence-electron chi connectivity index (χ2n) is 7.71.